The number of hydrogen-bond donors (Lipinski definition) is 0. The zero-order valence-electron chi connectivity index (χ0n) is 15.2. The Morgan fingerprint density at radius 2 is 1.96 bits per heavy atom. The van der Waals surface area contributed by atoms with E-state index in [1.165, 1.54) is 12.7 Å². The lowest BCUT2D eigenvalue weighted by Gasteiger charge is -2.32. The fourth-order valence-electron chi connectivity index (χ4n) is 3.39. The minimum Gasteiger partial charge on any atom is -0.434 e. The molecule has 0 saturated carbocycles. The molecule has 1 aromatic heterocycles. The average molecular weight is 370 g/mol. The predicted molar refractivity (Wildman–Crippen MR) is 100 cm³/mol. The van der Waals surface area contributed by atoms with Crippen LogP contribution in [-0.4, -0.2) is 34.3 Å². The van der Waals surface area contributed by atoms with E-state index in [1.54, 1.807) is 24.3 Å². The van der Waals surface area contributed by atoms with Crippen molar-refractivity contribution < 1.29 is 14.5 Å². The highest BCUT2D eigenvalue weighted by molar-refractivity contribution is 5.75. The van der Waals surface area contributed by atoms with Gasteiger partial charge in [0.15, 0.2) is 0 Å². The van der Waals surface area contributed by atoms with Gasteiger partial charge in [0, 0.05) is 18.7 Å². The van der Waals surface area contributed by atoms with E-state index in [0.29, 0.717) is 23.0 Å². The van der Waals surface area contributed by atoms with Crippen LogP contribution < -0.4 is 9.64 Å². The molecule has 0 unspecified atom stereocenters. The van der Waals surface area contributed by atoms with Crippen molar-refractivity contribution in [3.8, 4) is 11.6 Å². The normalized spacial score (nSPS) is 14.8. The Balaban J connectivity index is 1.84. The zero-order chi connectivity index (χ0) is 19.2. The average Bonchev–Trinajstić information content (AvgIpc) is 2.69. The summed E-state index contributed by atoms with van der Waals surface area (Å²) in [6.07, 6.45) is 6.34. The van der Waals surface area contributed by atoms with Gasteiger partial charge in [-0.05, 0) is 43.0 Å². The smallest absolute Gasteiger partial charge is 0.373 e. The largest absolute Gasteiger partial charge is 0.434 e. The van der Waals surface area contributed by atoms with Gasteiger partial charge in [-0.25, -0.2) is 4.98 Å². The van der Waals surface area contributed by atoms with Crippen LogP contribution >= 0.6 is 0 Å². The molecule has 142 valence electrons. The zero-order valence-corrected chi connectivity index (χ0v) is 15.2. The Labute approximate surface area is 157 Å². The number of ether oxygens (including phenoxy) is 1. The van der Waals surface area contributed by atoms with Crippen LogP contribution in [-0.2, 0) is 0 Å². The fourth-order valence-corrected chi connectivity index (χ4v) is 3.39. The number of nitrogens with zero attached hydrogens (tertiary/aromatic N) is 4. The van der Waals surface area contributed by atoms with Crippen LogP contribution in [0, 0.1) is 16.0 Å². The molecular formula is C19H22N4O4. The highest BCUT2D eigenvalue weighted by Gasteiger charge is 2.30. The first-order chi connectivity index (χ1) is 13.1. The van der Waals surface area contributed by atoms with Gasteiger partial charge < -0.3 is 9.64 Å². The fraction of sp³-hybridized carbons (Fsp3) is 0.421. The number of carbonyl (C=O) groups is 1. The molecule has 0 amide bonds. The maximum Gasteiger partial charge on any atom is 0.373 e. The molecule has 1 aliphatic rings. The Kier molecular flexibility index (Phi) is 5.95. The van der Waals surface area contributed by atoms with Crippen molar-refractivity contribution in [2.45, 2.75) is 32.6 Å². The first-order valence-corrected chi connectivity index (χ1v) is 9.09. The van der Waals surface area contributed by atoms with Crippen molar-refractivity contribution in [2.24, 2.45) is 5.92 Å². The minimum atomic E-state index is -0.497. The summed E-state index contributed by atoms with van der Waals surface area (Å²) in [5.41, 5.74) is 0.265. The summed E-state index contributed by atoms with van der Waals surface area (Å²) in [6, 6.07) is 6.31. The molecule has 1 fully saturated rings. The summed E-state index contributed by atoms with van der Waals surface area (Å²) in [6.45, 7) is 3.64. The van der Waals surface area contributed by atoms with E-state index in [1.807, 2.05) is 4.90 Å². The van der Waals surface area contributed by atoms with Gasteiger partial charge in [0.1, 0.15) is 18.4 Å². The summed E-state index contributed by atoms with van der Waals surface area (Å²) in [5.74, 6) is 1.23. The number of aromatic nitrogens is 2. The number of aldehydes is 1. The third kappa shape index (κ3) is 4.39. The minimum absolute atomic E-state index is 0.0977. The number of hydrogen-bond acceptors (Lipinski definition) is 7. The van der Waals surface area contributed by atoms with E-state index in [2.05, 4.69) is 16.9 Å². The van der Waals surface area contributed by atoms with Crippen molar-refractivity contribution in [1.29, 1.82) is 0 Å². The van der Waals surface area contributed by atoms with Crippen molar-refractivity contribution in [3.63, 3.8) is 0 Å². The Hall–Kier alpha value is -3.03. The lowest BCUT2D eigenvalue weighted by molar-refractivity contribution is -0.385. The molecule has 0 N–H and O–H groups in total. The molecule has 2 heterocycles. The molecule has 1 saturated heterocycles. The van der Waals surface area contributed by atoms with Gasteiger partial charge in [-0.3, -0.25) is 14.9 Å². The quantitative estimate of drug-likeness (QED) is 0.412. The summed E-state index contributed by atoms with van der Waals surface area (Å²) in [4.78, 5) is 32.0. The van der Waals surface area contributed by atoms with Crippen molar-refractivity contribution in [1.82, 2.24) is 9.97 Å². The van der Waals surface area contributed by atoms with Crippen LogP contribution in [0.3, 0.4) is 0 Å². The number of rotatable bonds is 7. The Morgan fingerprint density at radius 3 is 2.56 bits per heavy atom. The van der Waals surface area contributed by atoms with E-state index in [-0.39, 0.29) is 11.6 Å². The molecule has 0 spiro atoms. The molecule has 0 atom stereocenters. The molecule has 8 heteroatoms. The van der Waals surface area contributed by atoms with Crippen LogP contribution in [0.5, 0.6) is 11.6 Å². The van der Waals surface area contributed by atoms with Gasteiger partial charge in [-0.15, -0.1) is 0 Å². The Morgan fingerprint density at radius 1 is 1.26 bits per heavy atom. The summed E-state index contributed by atoms with van der Waals surface area (Å²) in [7, 11) is 0. The number of benzene rings is 1. The Bertz CT molecular complexity index is 802. The van der Waals surface area contributed by atoms with Crippen LogP contribution in [0.4, 0.5) is 11.5 Å². The van der Waals surface area contributed by atoms with Crippen LogP contribution in [0.15, 0.2) is 30.6 Å². The number of carbonyl (C=O) groups excluding carboxylic acids is 1. The van der Waals surface area contributed by atoms with Crippen LogP contribution in [0.2, 0.25) is 0 Å². The predicted octanol–water partition coefficient (Wildman–Crippen LogP) is 4.01. The third-order valence-electron chi connectivity index (χ3n) is 4.79. The van der Waals surface area contributed by atoms with Crippen molar-refractivity contribution in [2.75, 3.05) is 18.0 Å². The molecule has 27 heavy (non-hydrogen) atoms. The monoisotopic (exact) mass is 370 g/mol. The SMILES string of the molecule is CCCC1CCN(c2ncnc(Oc3ccc(C=O)cc3)c2[N+](=O)[O-])CC1. The third-order valence-corrected chi connectivity index (χ3v) is 4.79. The molecular weight excluding hydrogens is 348 g/mol. The van der Waals surface area contributed by atoms with Gasteiger partial charge in [-0.2, -0.15) is 4.98 Å². The van der Waals surface area contributed by atoms with Crippen LogP contribution in [0.25, 0.3) is 0 Å². The standard InChI is InChI=1S/C19H22N4O4/c1-2-3-14-8-10-22(11-9-14)18-17(23(25)26)19(21-13-20-18)27-16-6-4-15(12-24)5-7-16/h4-7,12-14H,2-3,8-11H2,1H3. The molecule has 8 nitrogen and oxygen atoms in total. The maximum atomic E-state index is 11.7. The van der Waals surface area contributed by atoms with E-state index in [9.17, 15) is 14.9 Å². The highest BCUT2D eigenvalue weighted by atomic mass is 16.6. The summed E-state index contributed by atoms with van der Waals surface area (Å²) in [5, 5.41) is 11.7. The molecule has 0 aliphatic carbocycles. The van der Waals surface area contributed by atoms with Crippen LogP contribution in [0.1, 0.15) is 43.0 Å². The topological polar surface area (TPSA) is 98.5 Å². The second kappa shape index (κ2) is 8.57. The van der Waals surface area contributed by atoms with Crippen molar-refractivity contribution in [3.05, 3.63) is 46.3 Å². The van der Waals surface area contributed by atoms with Crippen molar-refractivity contribution >= 4 is 17.8 Å². The van der Waals surface area contributed by atoms with Gasteiger partial charge in [0.05, 0.1) is 4.92 Å². The molecule has 0 bridgehead atoms. The van der Waals surface area contributed by atoms with Gasteiger partial charge in [0.25, 0.3) is 0 Å². The molecule has 1 aromatic carbocycles. The van der Waals surface area contributed by atoms with E-state index in [0.717, 1.165) is 38.6 Å². The lowest BCUT2D eigenvalue weighted by atomic mass is 9.92. The number of anilines is 1. The second-order valence-corrected chi connectivity index (χ2v) is 6.62. The maximum absolute atomic E-state index is 11.7. The van der Waals surface area contributed by atoms with Gasteiger partial charge in [0.2, 0.25) is 5.82 Å². The summed E-state index contributed by atoms with van der Waals surface area (Å²) < 4.78 is 5.63. The first kappa shape index (κ1) is 18.8. The molecule has 2 aromatic rings. The number of piperidine rings is 1. The van der Waals surface area contributed by atoms with E-state index >= 15 is 0 Å². The second-order valence-electron chi connectivity index (χ2n) is 6.62. The first-order valence-electron chi connectivity index (χ1n) is 9.09. The molecule has 0 radical (unpaired) electrons. The van der Waals surface area contributed by atoms with E-state index < -0.39 is 4.92 Å². The number of nitro groups is 1. The van der Waals surface area contributed by atoms with Gasteiger partial charge >= 0.3 is 11.6 Å². The van der Waals surface area contributed by atoms with Gasteiger partial charge in [-0.1, -0.05) is 19.8 Å². The molecule has 1 aliphatic heterocycles. The summed E-state index contributed by atoms with van der Waals surface area (Å²) >= 11 is 0. The lowest BCUT2D eigenvalue weighted by Crippen LogP contribution is -2.34. The molecule has 3 rings (SSSR count). The van der Waals surface area contributed by atoms with E-state index in [4.69, 9.17) is 4.74 Å². The highest BCUT2D eigenvalue weighted by Crippen LogP contribution is 2.37.